The molecule has 0 saturated carbocycles. The Hall–Kier alpha value is -3.35. The Kier molecular flexibility index (Phi) is 5.74. The molecule has 0 bridgehead atoms. The number of rotatable bonds is 7. The van der Waals surface area contributed by atoms with Gasteiger partial charge in [-0.3, -0.25) is 4.79 Å². The number of nitrogens with one attached hydrogen (secondary N) is 1. The van der Waals surface area contributed by atoms with Crippen LogP contribution in [0.1, 0.15) is 24.2 Å². The molecule has 0 spiro atoms. The van der Waals surface area contributed by atoms with Gasteiger partial charge in [-0.25, -0.2) is 0 Å². The molecule has 1 aromatic heterocycles. The molecule has 0 saturated heterocycles. The lowest BCUT2D eigenvalue weighted by Crippen LogP contribution is -2.28. The third-order valence-corrected chi connectivity index (χ3v) is 4.99. The smallest absolute Gasteiger partial charge is 0.258 e. The highest BCUT2D eigenvalue weighted by Crippen LogP contribution is 2.24. The van der Waals surface area contributed by atoms with E-state index in [1.165, 1.54) is 6.42 Å². The lowest BCUT2D eigenvalue weighted by Gasteiger charge is -2.14. The molecule has 0 aliphatic carbocycles. The standard InChI is InChI=1S/C22H24N4O3/c1-28-18-9-5-16(6-10-18)14-23-21(27)15-29-19-11-7-17(8-12-19)22-25-24-20-4-2-3-13-26(20)22/h5-12H,2-4,13-15H2,1H3,(H,23,27). The average Bonchev–Trinajstić information content (AvgIpc) is 3.21. The van der Waals surface area contributed by atoms with Gasteiger partial charge in [0.15, 0.2) is 12.4 Å². The first-order valence-corrected chi connectivity index (χ1v) is 9.78. The van der Waals surface area contributed by atoms with Crippen LogP contribution >= 0.6 is 0 Å². The van der Waals surface area contributed by atoms with Crippen molar-refractivity contribution in [3.05, 3.63) is 59.9 Å². The number of nitrogens with zero attached hydrogens (tertiary/aromatic N) is 3. The molecule has 7 nitrogen and oxygen atoms in total. The first-order valence-electron chi connectivity index (χ1n) is 9.78. The van der Waals surface area contributed by atoms with Gasteiger partial charge in [-0.2, -0.15) is 0 Å². The van der Waals surface area contributed by atoms with E-state index in [-0.39, 0.29) is 12.5 Å². The van der Waals surface area contributed by atoms with Crippen LogP contribution < -0.4 is 14.8 Å². The monoisotopic (exact) mass is 392 g/mol. The molecule has 0 atom stereocenters. The predicted octanol–water partition coefficient (Wildman–Crippen LogP) is 2.99. The summed E-state index contributed by atoms with van der Waals surface area (Å²) in [5.74, 6) is 3.21. The molecule has 2 aromatic carbocycles. The topological polar surface area (TPSA) is 78.3 Å². The molecule has 0 radical (unpaired) electrons. The van der Waals surface area contributed by atoms with Crippen molar-refractivity contribution in [1.82, 2.24) is 20.1 Å². The normalized spacial score (nSPS) is 12.9. The number of hydrogen-bond acceptors (Lipinski definition) is 5. The number of amides is 1. The van der Waals surface area contributed by atoms with Crippen LogP contribution in [0.25, 0.3) is 11.4 Å². The molecule has 4 rings (SSSR count). The molecule has 1 aliphatic heterocycles. The van der Waals surface area contributed by atoms with Crippen LogP contribution in [-0.4, -0.2) is 34.4 Å². The fraction of sp³-hybridized carbons (Fsp3) is 0.318. The van der Waals surface area contributed by atoms with E-state index >= 15 is 0 Å². The van der Waals surface area contributed by atoms with Gasteiger partial charge in [0, 0.05) is 25.1 Å². The van der Waals surface area contributed by atoms with E-state index in [0.29, 0.717) is 12.3 Å². The molecule has 2 heterocycles. The third kappa shape index (κ3) is 4.56. The van der Waals surface area contributed by atoms with Crippen LogP contribution in [0.5, 0.6) is 11.5 Å². The minimum absolute atomic E-state index is 0.0319. The fourth-order valence-electron chi connectivity index (χ4n) is 3.37. The van der Waals surface area contributed by atoms with Gasteiger partial charge in [-0.05, 0) is 54.8 Å². The Morgan fingerprint density at radius 1 is 1.03 bits per heavy atom. The number of methoxy groups -OCH3 is 1. The lowest BCUT2D eigenvalue weighted by atomic mass is 10.1. The lowest BCUT2D eigenvalue weighted by molar-refractivity contribution is -0.123. The fourth-order valence-corrected chi connectivity index (χ4v) is 3.37. The molecule has 1 amide bonds. The number of ether oxygens (including phenoxy) is 2. The van der Waals surface area contributed by atoms with E-state index in [1.54, 1.807) is 7.11 Å². The summed E-state index contributed by atoms with van der Waals surface area (Å²) in [7, 11) is 1.63. The maximum absolute atomic E-state index is 12.0. The first kappa shape index (κ1) is 19.0. The highest BCUT2D eigenvalue weighted by molar-refractivity contribution is 5.77. The van der Waals surface area contributed by atoms with E-state index in [2.05, 4.69) is 20.1 Å². The van der Waals surface area contributed by atoms with Crippen molar-refractivity contribution >= 4 is 5.91 Å². The quantitative estimate of drug-likeness (QED) is 0.669. The van der Waals surface area contributed by atoms with Crippen molar-refractivity contribution in [3.8, 4) is 22.9 Å². The second kappa shape index (κ2) is 8.77. The van der Waals surface area contributed by atoms with E-state index in [0.717, 1.165) is 47.9 Å². The molecule has 7 heteroatoms. The van der Waals surface area contributed by atoms with Crippen molar-refractivity contribution < 1.29 is 14.3 Å². The van der Waals surface area contributed by atoms with E-state index < -0.39 is 0 Å². The van der Waals surface area contributed by atoms with Crippen LogP contribution in [-0.2, 0) is 24.3 Å². The summed E-state index contributed by atoms with van der Waals surface area (Å²) in [4.78, 5) is 12.0. The SMILES string of the molecule is COc1ccc(CNC(=O)COc2ccc(-c3nnc4n3CCCC4)cc2)cc1. The molecule has 1 aliphatic rings. The summed E-state index contributed by atoms with van der Waals surface area (Å²) >= 11 is 0. The Labute approximate surface area is 169 Å². The summed E-state index contributed by atoms with van der Waals surface area (Å²) in [5.41, 5.74) is 2.00. The number of aryl methyl sites for hydroxylation is 1. The van der Waals surface area contributed by atoms with Gasteiger partial charge in [0.05, 0.1) is 7.11 Å². The predicted molar refractivity (Wildman–Crippen MR) is 109 cm³/mol. The van der Waals surface area contributed by atoms with Gasteiger partial charge in [0.1, 0.15) is 17.3 Å². The summed E-state index contributed by atoms with van der Waals surface area (Å²) in [6.07, 6.45) is 3.32. The van der Waals surface area contributed by atoms with Gasteiger partial charge in [-0.1, -0.05) is 12.1 Å². The molecular weight excluding hydrogens is 368 g/mol. The Morgan fingerprint density at radius 2 is 1.79 bits per heavy atom. The number of carbonyl (C=O) groups is 1. The molecule has 0 unspecified atom stereocenters. The molecule has 0 fully saturated rings. The molecule has 150 valence electrons. The van der Waals surface area contributed by atoms with Crippen LogP contribution in [0.2, 0.25) is 0 Å². The van der Waals surface area contributed by atoms with Gasteiger partial charge in [0.25, 0.3) is 5.91 Å². The molecule has 3 aromatic rings. The van der Waals surface area contributed by atoms with Gasteiger partial charge in [0.2, 0.25) is 0 Å². The molecule has 1 N–H and O–H groups in total. The minimum atomic E-state index is -0.170. The zero-order valence-corrected chi connectivity index (χ0v) is 16.4. The Balaban J connectivity index is 1.28. The van der Waals surface area contributed by atoms with Gasteiger partial charge in [-0.15, -0.1) is 10.2 Å². The van der Waals surface area contributed by atoms with E-state index in [9.17, 15) is 4.79 Å². The zero-order valence-electron chi connectivity index (χ0n) is 16.4. The maximum atomic E-state index is 12.0. The van der Waals surface area contributed by atoms with Gasteiger partial charge >= 0.3 is 0 Å². The summed E-state index contributed by atoms with van der Waals surface area (Å²) in [6, 6.07) is 15.2. The first-order chi connectivity index (χ1) is 14.2. The van der Waals surface area contributed by atoms with Crippen LogP contribution in [0.15, 0.2) is 48.5 Å². The maximum Gasteiger partial charge on any atom is 0.258 e. The summed E-state index contributed by atoms with van der Waals surface area (Å²) < 4.78 is 12.9. The minimum Gasteiger partial charge on any atom is -0.497 e. The number of carbonyl (C=O) groups excluding carboxylic acids is 1. The highest BCUT2D eigenvalue weighted by Gasteiger charge is 2.16. The van der Waals surface area contributed by atoms with Gasteiger partial charge < -0.3 is 19.4 Å². The van der Waals surface area contributed by atoms with Crippen molar-refractivity contribution in [2.45, 2.75) is 32.4 Å². The molecular formula is C22H24N4O3. The van der Waals surface area contributed by atoms with Crippen molar-refractivity contribution in [3.63, 3.8) is 0 Å². The third-order valence-electron chi connectivity index (χ3n) is 4.99. The van der Waals surface area contributed by atoms with E-state index in [1.807, 2.05) is 48.5 Å². The number of benzene rings is 2. The number of fused-ring (bicyclic) bond motifs is 1. The van der Waals surface area contributed by atoms with Crippen LogP contribution in [0, 0.1) is 0 Å². The van der Waals surface area contributed by atoms with Crippen molar-refractivity contribution in [2.24, 2.45) is 0 Å². The summed E-state index contributed by atoms with van der Waals surface area (Å²) in [5, 5.41) is 11.5. The number of hydrogen-bond donors (Lipinski definition) is 1. The zero-order chi connectivity index (χ0) is 20.1. The Morgan fingerprint density at radius 3 is 2.55 bits per heavy atom. The summed E-state index contributed by atoms with van der Waals surface area (Å²) in [6.45, 7) is 1.38. The second-order valence-corrected chi connectivity index (χ2v) is 6.99. The average molecular weight is 392 g/mol. The number of aromatic nitrogens is 3. The van der Waals surface area contributed by atoms with E-state index in [4.69, 9.17) is 9.47 Å². The second-order valence-electron chi connectivity index (χ2n) is 6.99. The largest absolute Gasteiger partial charge is 0.497 e. The van der Waals surface area contributed by atoms with Crippen molar-refractivity contribution in [2.75, 3.05) is 13.7 Å². The molecule has 29 heavy (non-hydrogen) atoms. The van der Waals surface area contributed by atoms with Crippen molar-refractivity contribution in [1.29, 1.82) is 0 Å². The van der Waals surface area contributed by atoms with Crippen LogP contribution in [0.3, 0.4) is 0 Å². The highest BCUT2D eigenvalue weighted by atomic mass is 16.5. The van der Waals surface area contributed by atoms with Crippen LogP contribution in [0.4, 0.5) is 0 Å². The Bertz CT molecular complexity index is 965.